The first kappa shape index (κ1) is 19.9. The second-order valence-electron chi connectivity index (χ2n) is 9.54. The summed E-state index contributed by atoms with van der Waals surface area (Å²) < 4.78 is 14.8. The van der Waals surface area contributed by atoms with Crippen LogP contribution in [0.1, 0.15) is 39.5 Å². The second kappa shape index (κ2) is 7.02. The van der Waals surface area contributed by atoms with Gasteiger partial charge >= 0.3 is 0 Å². The summed E-state index contributed by atoms with van der Waals surface area (Å²) in [6.07, 6.45) is 7.69. The summed E-state index contributed by atoms with van der Waals surface area (Å²) in [5, 5.41) is 29.4. The Morgan fingerprint density at radius 3 is 2.42 bits per heavy atom. The molecule has 0 amide bonds. The Balaban J connectivity index is 1.39. The van der Waals surface area contributed by atoms with Gasteiger partial charge in [0.05, 0.1) is 17.5 Å². The van der Waals surface area contributed by atoms with Crippen molar-refractivity contribution in [3.05, 3.63) is 42.5 Å². The Morgan fingerprint density at radius 1 is 1.10 bits per heavy atom. The Kier molecular flexibility index (Phi) is 4.51. The molecule has 3 N–H and O–H groups in total. The van der Waals surface area contributed by atoms with Crippen LogP contribution in [-0.2, 0) is 0 Å². The lowest BCUT2D eigenvalue weighted by Gasteiger charge is -2.45. The van der Waals surface area contributed by atoms with E-state index in [4.69, 9.17) is 0 Å². The Labute approximate surface area is 180 Å². The van der Waals surface area contributed by atoms with Gasteiger partial charge in [0, 0.05) is 35.9 Å². The maximum atomic E-state index is 14.8. The number of rotatable bonds is 4. The van der Waals surface area contributed by atoms with Gasteiger partial charge in [0.1, 0.15) is 11.6 Å². The number of fused-ring (bicyclic) bond motifs is 2. The Hall–Kier alpha value is -3.00. The summed E-state index contributed by atoms with van der Waals surface area (Å²) >= 11 is 0. The molecule has 3 aromatic rings. The molecule has 31 heavy (non-hydrogen) atoms. The number of halogens is 1. The summed E-state index contributed by atoms with van der Waals surface area (Å²) in [4.78, 5) is 2.18. The number of nitrogens with zero attached hydrogens (tertiary/aromatic N) is 4. The van der Waals surface area contributed by atoms with E-state index in [1.807, 2.05) is 13.1 Å². The number of aromatic amines is 1. The number of aromatic nitrogens is 4. The average molecular weight is 423 g/mol. The number of benzene rings is 1. The van der Waals surface area contributed by atoms with Gasteiger partial charge in [-0.2, -0.15) is 5.10 Å². The normalized spacial score (nSPS) is 27.4. The lowest BCUT2D eigenvalue weighted by Crippen LogP contribution is -2.58. The quantitative estimate of drug-likeness (QED) is 0.591. The van der Waals surface area contributed by atoms with Crippen molar-refractivity contribution in [2.75, 3.05) is 11.9 Å². The molecule has 0 radical (unpaired) electrons. The maximum absolute atomic E-state index is 14.8. The van der Waals surface area contributed by atoms with E-state index in [0.717, 1.165) is 18.7 Å². The minimum atomic E-state index is -0.553. The third-order valence-electron chi connectivity index (χ3n) is 6.92. The van der Waals surface area contributed by atoms with Crippen molar-refractivity contribution in [3.63, 3.8) is 0 Å². The minimum Gasteiger partial charge on any atom is -0.507 e. The van der Waals surface area contributed by atoms with Crippen LogP contribution in [0.5, 0.6) is 5.75 Å². The smallest absolute Gasteiger partial charge is 0.151 e. The number of H-pyrrole nitrogens is 1. The number of nitrogens with one attached hydrogen (secondary N) is 2. The second-order valence-corrected chi connectivity index (χ2v) is 9.54. The zero-order chi connectivity index (χ0) is 21.8. The van der Waals surface area contributed by atoms with Crippen molar-refractivity contribution in [3.8, 4) is 28.1 Å². The molecule has 2 saturated heterocycles. The van der Waals surface area contributed by atoms with E-state index in [-0.39, 0.29) is 22.4 Å². The number of hydrogen-bond acceptors (Lipinski definition) is 6. The van der Waals surface area contributed by atoms with E-state index in [1.165, 1.54) is 25.0 Å². The summed E-state index contributed by atoms with van der Waals surface area (Å²) in [6.45, 7) is 4.59. The molecule has 1 unspecified atom stereocenters. The number of aromatic hydroxyl groups is 1. The molecule has 1 aromatic carbocycles. The van der Waals surface area contributed by atoms with E-state index in [9.17, 15) is 9.50 Å². The molecule has 0 aliphatic carbocycles. The highest BCUT2D eigenvalue weighted by Gasteiger charge is 2.49. The molecule has 2 aliphatic rings. The highest BCUT2D eigenvalue weighted by atomic mass is 19.1. The fourth-order valence-electron chi connectivity index (χ4n) is 5.35. The number of phenolic OH excluding ortho intramolecular Hbond substituents is 1. The van der Waals surface area contributed by atoms with Gasteiger partial charge in [0.15, 0.2) is 5.82 Å². The number of phenols is 1. The monoisotopic (exact) mass is 422 g/mol. The average Bonchev–Trinajstić information content (AvgIpc) is 3.33. The first-order valence-corrected chi connectivity index (χ1v) is 10.6. The molecular weight excluding hydrogens is 395 g/mol. The molecule has 7 nitrogen and oxygen atoms in total. The molecule has 2 aromatic heterocycles. The van der Waals surface area contributed by atoms with Crippen LogP contribution in [0.3, 0.4) is 0 Å². The molecule has 0 spiro atoms. The van der Waals surface area contributed by atoms with E-state index < -0.39 is 5.82 Å². The van der Waals surface area contributed by atoms with Gasteiger partial charge in [-0.25, -0.2) is 4.39 Å². The lowest BCUT2D eigenvalue weighted by molar-refractivity contribution is 0.207. The first-order valence-electron chi connectivity index (χ1n) is 10.6. The predicted molar refractivity (Wildman–Crippen MR) is 117 cm³/mol. The third-order valence-corrected chi connectivity index (χ3v) is 6.92. The zero-order valence-corrected chi connectivity index (χ0v) is 18.0. The van der Waals surface area contributed by atoms with Crippen molar-refractivity contribution in [1.29, 1.82) is 0 Å². The number of piperidine rings is 1. The highest BCUT2D eigenvalue weighted by Crippen LogP contribution is 2.44. The molecule has 3 atom stereocenters. The topological polar surface area (TPSA) is 90.0 Å². The summed E-state index contributed by atoms with van der Waals surface area (Å²) in [6, 6.07) is 6.80. The van der Waals surface area contributed by atoms with E-state index in [0.29, 0.717) is 22.9 Å². The Bertz CT molecular complexity index is 1060. The number of anilines is 1. The molecular formula is C23H27FN6O. The summed E-state index contributed by atoms with van der Waals surface area (Å²) in [5.74, 6) is 0.0157. The van der Waals surface area contributed by atoms with Crippen LogP contribution in [0.4, 0.5) is 10.2 Å². The van der Waals surface area contributed by atoms with Gasteiger partial charge in [-0.15, -0.1) is 10.2 Å². The molecule has 2 aliphatic heterocycles. The first-order chi connectivity index (χ1) is 14.8. The van der Waals surface area contributed by atoms with Crippen molar-refractivity contribution < 1.29 is 9.50 Å². The number of hydrogen-bond donors (Lipinski definition) is 3. The van der Waals surface area contributed by atoms with Gasteiger partial charge in [-0.1, -0.05) is 0 Å². The van der Waals surface area contributed by atoms with Crippen LogP contribution in [0.15, 0.2) is 36.7 Å². The van der Waals surface area contributed by atoms with Gasteiger partial charge in [-0.3, -0.25) is 5.10 Å². The molecule has 2 bridgehead atoms. The molecule has 4 heterocycles. The third kappa shape index (κ3) is 3.54. The minimum absolute atomic E-state index is 0.0499. The molecule has 0 saturated carbocycles. The SMILES string of the molecule is CN(c1ccc(-c2c(O)cc(-c3cn[nH]c3)cc2F)nn1)C1C[C@]2(C)CC[C@](C)(C1)N2. The van der Waals surface area contributed by atoms with Crippen LogP contribution < -0.4 is 10.2 Å². The van der Waals surface area contributed by atoms with Gasteiger partial charge in [-0.05, 0) is 69.4 Å². The van der Waals surface area contributed by atoms with Crippen LogP contribution in [0, 0.1) is 5.82 Å². The maximum Gasteiger partial charge on any atom is 0.151 e. The van der Waals surface area contributed by atoms with Crippen molar-refractivity contribution >= 4 is 5.82 Å². The summed E-state index contributed by atoms with van der Waals surface area (Å²) in [5.41, 5.74) is 1.90. The largest absolute Gasteiger partial charge is 0.507 e. The predicted octanol–water partition coefficient (Wildman–Crippen LogP) is 3.88. The fraction of sp³-hybridized carbons (Fsp3) is 0.435. The van der Waals surface area contributed by atoms with Gasteiger partial charge < -0.3 is 15.3 Å². The van der Waals surface area contributed by atoms with Crippen molar-refractivity contribution in [2.45, 2.75) is 56.7 Å². The standard InChI is InChI=1S/C23H27FN6O/c1-22-6-7-23(2,29-22)11-16(10-22)30(3)20-5-4-18(27-28-20)21-17(24)8-14(9-19(21)31)15-12-25-26-13-15/h4-5,8-9,12-13,16,29,31H,6-7,10-11H2,1-3H3,(H,25,26)/t16?,22-,23+. The van der Waals surface area contributed by atoms with Crippen molar-refractivity contribution in [1.82, 2.24) is 25.7 Å². The van der Waals surface area contributed by atoms with Crippen LogP contribution in [-0.4, -0.2) is 49.7 Å². The fourth-order valence-corrected chi connectivity index (χ4v) is 5.35. The van der Waals surface area contributed by atoms with E-state index in [1.54, 1.807) is 18.5 Å². The van der Waals surface area contributed by atoms with Gasteiger partial charge in [0.25, 0.3) is 0 Å². The zero-order valence-electron chi connectivity index (χ0n) is 18.0. The lowest BCUT2D eigenvalue weighted by atomic mass is 9.84. The molecule has 162 valence electrons. The Morgan fingerprint density at radius 2 is 1.84 bits per heavy atom. The van der Waals surface area contributed by atoms with Crippen LogP contribution in [0.25, 0.3) is 22.4 Å². The summed E-state index contributed by atoms with van der Waals surface area (Å²) in [7, 11) is 2.05. The molecule has 8 heteroatoms. The van der Waals surface area contributed by atoms with Crippen LogP contribution >= 0.6 is 0 Å². The van der Waals surface area contributed by atoms with Crippen LogP contribution in [0.2, 0.25) is 0 Å². The molecule has 5 rings (SSSR count). The highest BCUT2D eigenvalue weighted by molar-refractivity contribution is 5.74. The van der Waals surface area contributed by atoms with Gasteiger partial charge in [0.2, 0.25) is 0 Å². The molecule has 2 fully saturated rings. The van der Waals surface area contributed by atoms with Crippen molar-refractivity contribution in [2.24, 2.45) is 0 Å². The van der Waals surface area contributed by atoms with E-state index in [2.05, 4.69) is 44.5 Å². The van der Waals surface area contributed by atoms with E-state index >= 15 is 0 Å².